The Kier molecular flexibility index (Phi) is 9.05. The summed E-state index contributed by atoms with van der Waals surface area (Å²) in [6.45, 7) is 7.74. The first-order valence-corrected chi connectivity index (χ1v) is 10.7. The number of aryl methyl sites for hydroxylation is 2. The van der Waals surface area contributed by atoms with E-state index in [9.17, 15) is 9.59 Å². The molecule has 0 atom stereocenters. The second kappa shape index (κ2) is 11.5. The Morgan fingerprint density at radius 2 is 1.84 bits per heavy atom. The lowest BCUT2D eigenvalue weighted by atomic mass is 10.1. The molecule has 0 aromatic heterocycles. The topological polar surface area (TPSA) is 89.0 Å². The number of carbonyl (C=O) groups is 2. The van der Waals surface area contributed by atoms with Gasteiger partial charge in [-0.3, -0.25) is 9.59 Å². The minimum Gasteiger partial charge on any atom is -0.493 e. The first-order chi connectivity index (χ1) is 14.7. The number of anilines is 1. The van der Waals surface area contributed by atoms with Gasteiger partial charge in [0.15, 0.2) is 11.5 Å². The standard InChI is InChI=1S/C23H28BrN3O4/c1-14(2)31-23-18(24)11-17(12-20(23)30-5)13-25-27-22(29)9-8-21(28)26-19-10-15(3)6-7-16(19)4/h6-7,10-14H,8-9H2,1-5H3,(H,26,28)(H,27,29). The number of ether oxygens (including phenoxy) is 2. The summed E-state index contributed by atoms with van der Waals surface area (Å²) in [6.07, 6.45) is 1.59. The van der Waals surface area contributed by atoms with E-state index in [2.05, 4.69) is 31.8 Å². The molecule has 0 heterocycles. The number of hydrogen-bond donors (Lipinski definition) is 2. The third kappa shape index (κ3) is 7.71. The van der Waals surface area contributed by atoms with Crippen molar-refractivity contribution >= 4 is 39.6 Å². The maximum atomic E-state index is 12.1. The number of hydrazone groups is 1. The van der Waals surface area contributed by atoms with Crippen LogP contribution in [0.25, 0.3) is 0 Å². The molecule has 0 aliphatic heterocycles. The molecule has 7 nitrogen and oxygen atoms in total. The third-order valence-corrected chi connectivity index (χ3v) is 4.84. The second-order valence-corrected chi connectivity index (χ2v) is 8.21. The average Bonchev–Trinajstić information content (AvgIpc) is 2.70. The fraction of sp³-hybridized carbons (Fsp3) is 0.348. The van der Waals surface area contributed by atoms with E-state index in [0.29, 0.717) is 17.1 Å². The Labute approximate surface area is 191 Å². The molecule has 0 bridgehead atoms. The third-order valence-electron chi connectivity index (χ3n) is 4.25. The lowest BCUT2D eigenvalue weighted by Gasteiger charge is -2.15. The molecule has 166 valence electrons. The highest BCUT2D eigenvalue weighted by molar-refractivity contribution is 9.10. The maximum Gasteiger partial charge on any atom is 0.240 e. The summed E-state index contributed by atoms with van der Waals surface area (Å²) in [5, 5.41) is 6.80. The number of rotatable bonds is 9. The van der Waals surface area contributed by atoms with Crippen LogP contribution < -0.4 is 20.2 Å². The minimum atomic E-state index is -0.349. The van der Waals surface area contributed by atoms with Gasteiger partial charge in [-0.25, -0.2) is 5.43 Å². The van der Waals surface area contributed by atoms with Gasteiger partial charge in [0.2, 0.25) is 11.8 Å². The van der Waals surface area contributed by atoms with E-state index >= 15 is 0 Å². The van der Waals surface area contributed by atoms with Crippen LogP contribution in [0.4, 0.5) is 5.69 Å². The summed E-state index contributed by atoms with van der Waals surface area (Å²) < 4.78 is 11.8. The molecule has 0 aliphatic carbocycles. The summed E-state index contributed by atoms with van der Waals surface area (Å²) in [7, 11) is 1.56. The highest BCUT2D eigenvalue weighted by Gasteiger charge is 2.13. The number of methoxy groups -OCH3 is 1. The predicted molar refractivity (Wildman–Crippen MR) is 126 cm³/mol. The van der Waals surface area contributed by atoms with Crippen LogP contribution in [0.15, 0.2) is 39.9 Å². The molecule has 0 spiro atoms. The monoisotopic (exact) mass is 489 g/mol. The van der Waals surface area contributed by atoms with Gasteiger partial charge in [-0.15, -0.1) is 0 Å². The predicted octanol–water partition coefficient (Wildman–Crippen LogP) is 4.73. The van der Waals surface area contributed by atoms with Crippen molar-refractivity contribution in [2.24, 2.45) is 5.10 Å². The van der Waals surface area contributed by atoms with Crippen molar-refractivity contribution in [3.63, 3.8) is 0 Å². The molecule has 0 aliphatic rings. The number of amides is 2. The Balaban J connectivity index is 1.88. The van der Waals surface area contributed by atoms with Crippen LogP contribution >= 0.6 is 15.9 Å². The molecule has 2 rings (SSSR count). The molecule has 0 fully saturated rings. The van der Waals surface area contributed by atoms with Crippen molar-refractivity contribution in [2.45, 2.75) is 46.6 Å². The van der Waals surface area contributed by atoms with Crippen LogP contribution in [0.3, 0.4) is 0 Å². The van der Waals surface area contributed by atoms with Crippen LogP contribution in [-0.2, 0) is 9.59 Å². The van der Waals surface area contributed by atoms with E-state index in [-0.39, 0.29) is 30.8 Å². The first kappa shape index (κ1) is 24.4. The molecule has 2 N–H and O–H groups in total. The zero-order valence-corrected chi connectivity index (χ0v) is 20.0. The van der Waals surface area contributed by atoms with Gasteiger partial charge in [-0.2, -0.15) is 5.10 Å². The maximum absolute atomic E-state index is 12.1. The van der Waals surface area contributed by atoms with Crippen LogP contribution in [0, 0.1) is 13.8 Å². The lowest BCUT2D eigenvalue weighted by molar-refractivity contribution is -0.124. The number of halogens is 1. The summed E-state index contributed by atoms with van der Waals surface area (Å²) in [4.78, 5) is 24.1. The van der Waals surface area contributed by atoms with Crippen molar-refractivity contribution in [2.75, 3.05) is 12.4 Å². The fourth-order valence-electron chi connectivity index (χ4n) is 2.71. The van der Waals surface area contributed by atoms with Gasteiger partial charge in [-0.1, -0.05) is 12.1 Å². The number of nitrogens with one attached hydrogen (secondary N) is 2. The summed E-state index contributed by atoms with van der Waals surface area (Å²) >= 11 is 3.47. The Morgan fingerprint density at radius 1 is 1.13 bits per heavy atom. The van der Waals surface area contributed by atoms with Gasteiger partial charge < -0.3 is 14.8 Å². The molecule has 0 unspecified atom stereocenters. The Morgan fingerprint density at radius 3 is 2.52 bits per heavy atom. The van der Waals surface area contributed by atoms with E-state index in [4.69, 9.17) is 9.47 Å². The largest absolute Gasteiger partial charge is 0.493 e. The molecule has 0 saturated heterocycles. The SMILES string of the molecule is COc1cc(C=NNC(=O)CCC(=O)Nc2cc(C)ccc2C)cc(Br)c1OC(C)C. The summed E-state index contributed by atoms with van der Waals surface area (Å²) in [6, 6.07) is 9.40. The molecule has 8 heteroatoms. The molecule has 2 amide bonds. The molecular weight excluding hydrogens is 462 g/mol. The number of carbonyl (C=O) groups excluding carboxylic acids is 2. The van der Waals surface area contributed by atoms with Gasteiger partial charge in [0.25, 0.3) is 0 Å². The van der Waals surface area contributed by atoms with Gasteiger partial charge in [-0.05, 0) is 78.5 Å². The number of hydrogen-bond acceptors (Lipinski definition) is 5. The molecular formula is C23H28BrN3O4. The average molecular weight is 490 g/mol. The zero-order chi connectivity index (χ0) is 23.0. The van der Waals surface area contributed by atoms with Crippen LogP contribution in [-0.4, -0.2) is 31.2 Å². The van der Waals surface area contributed by atoms with Gasteiger partial charge in [0, 0.05) is 18.5 Å². The molecule has 2 aromatic carbocycles. The Hall–Kier alpha value is -2.87. The smallest absolute Gasteiger partial charge is 0.240 e. The van der Waals surface area contributed by atoms with Crippen molar-refractivity contribution in [3.8, 4) is 11.5 Å². The fourth-order valence-corrected chi connectivity index (χ4v) is 3.26. The molecule has 0 radical (unpaired) electrons. The Bertz CT molecular complexity index is 974. The molecule has 2 aromatic rings. The highest BCUT2D eigenvalue weighted by atomic mass is 79.9. The van der Waals surface area contributed by atoms with Gasteiger partial charge in [0.05, 0.1) is 23.9 Å². The minimum absolute atomic E-state index is 0.00367. The van der Waals surface area contributed by atoms with Crippen molar-refractivity contribution < 1.29 is 19.1 Å². The van der Waals surface area contributed by atoms with Crippen LogP contribution in [0.1, 0.15) is 43.4 Å². The molecule has 0 saturated carbocycles. The summed E-state index contributed by atoms with van der Waals surface area (Å²) in [5.41, 5.74) is 5.94. The highest BCUT2D eigenvalue weighted by Crippen LogP contribution is 2.36. The number of benzene rings is 2. The van der Waals surface area contributed by atoms with E-state index in [1.807, 2.05) is 52.0 Å². The van der Waals surface area contributed by atoms with E-state index in [0.717, 1.165) is 21.3 Å². The second-order valence-electron chi connectivity index (χ2n) is 7.36. The molecule has 31 heavy (non-hydrogen) atoms. The van der Waals surface area contributed by atoms with E-state index in [1.165, 1.54) is 6.21 Å². The van der Waals surface area contributed by atoms with Crippen molar-refractivity contribution in [3.05, 3.63) is 51.5 Å². The van der Waals surface area contributed by atoms with E-state index < -0.39 is 0 Å². The van der Waals surface area contributed by atoms with Gasteiger partial charge in [0.1, 0.15) is 0 Å². The quantitative estimate of drug-likeness (QED) is 0.393. The lowest BCUT2D eigenvalue weighted by Crippen LogP contribution is -2.21. The van der Waals surface area contributed by atoms with Crippen LogP contribution in [0.2, 0.25) is 0 Å². The number of nitrogens with zero attached hydrogens (tertiary/aromatic N) is 1. The zero-order valence-electron chi connectivity index (χ0n) is 18.4. The summed E-state index contributed by atoms with van der Waals surface area (Å²) in [5.74, 6) is 0.591. The normalized spacial score (nSPS) is 10.9. The van der Waals surface area contributed by atoms with Crippen molar-refractivity contribution in [1.82, 2.24) is 5.43 Å². The first-order valence-electron chi connectivity index (χ1n) is 9.92. The van der Waals surface area contributed by atoms with Crippen LogP contribution in [0.5, 0.6) is 11.5 Å². The van der Waals surface area contributed by atoms with E-state index in [1.54, 1.807) is 13.2 Å². The van der Waals surface area contributed by atoms with Crippen molar-refractivity contribution in [1.29, 1.82) is 0 Å². The van der Waals surface area contributed by atoms with Gasteiger partial charge >= 0.3 is 0 Å².